The van der Waals surface area contributed by atoms with E-state index in [0.717, 1.165) is 12.1 Å². The normalized spacial score (nSPS) is 20.9. The first-order chi connectivity index (χ1) is 14.2. The molecule has 1 fully saturated rings. The fourth-order valence-corrected chi connectivity index (χ4v) is 4.30. The second-order valence-corrected chi connectivity index (χ2v) is 7.61. The number of phenolic OH excluding ortho intramolecular Hbond substituents is 1. The van der Waals surface area contributed by atoms with Crippen molar-refractivity contribution in [3.05, 3.63) is 60.8 Å². The predicted molar refractivity (Wildman–Crippen MR) is 108 cm³/mol. The fourth-order valence-electron chi connectivity index (χ4n) is 4.30. The zero-order chi connectivity index (χ0) is 19.4. The molecule has 4 aromatic rings. The number of nitrogens with one attached hydrogen (secondary N) is 1. The quantitative estimate of drug-likeness (QED) is 0.563. The molecule has 8 nitrogen and oxygen atoms in total. The number of aromatic nitrogens is 6. The maximum Gasteiger partial charge on any atom is 0.234 e. The molecule has 0 radical (unpaired) electrons. The Morgan fingerprint density at radius 2 is 1.90 bits per heavy atom. The van der Waals surface area contributed by atoms with Gasteiger partial charge < -0.3 is 10.4 Å². The Morgan fingerprint density at radius 3 is 2.72 bits per heavy atom. The standard InChI is InChI=1S/C21H19N7O/c29-20-11-16(28-22-6-7-23-28)3-4-17(20)19-12-27-8-5-18(25-21(27)26-19)13-9-14-1-2-15(10-13)24-14/h3-9,11-12,14-15,24,29H,1-2,10H2. The van der Waals surface area contributed by atoms with E-state index < -0.39 is 0 Å². The Kier molecular flexibility index (Phi) is 3.54. The van der Waals surface area contributed by atoms with Gasteiger partial charge in [-0.25, -0.2) is 9.97 Å². The molecular formula is C21H19N7O. The van der Waals surface area contributed by atoms with Crippen molar-refractivity contribution < 1.29 is 5.11 Å². The molecule has 5 heterocycles. The van der Waals surface area contributed by atoms with Crippen molar-refractivity contribution in [2.24, 2.45) is 0 Å². The van der Waals surface area contributed by atoms with Crippen LogP contribution in [0, 0.1) is 0 Å². The molecule has 8 heteroatoms. The minimum Gasteiger partial charge on any atom is -0.507 e. The minimum atomic E-state index is 0.126. The van der Waals surface area contributed by atoms with Gasteiger partial charge in [-0.1, -0.05) is 6.08 Å². The van der Waals surface area contributed by atoms with Crippen LogP contribution >= 0.6 is 0 Å². The molecular weight excluding hydrogens is 366 g/mol. The van der Waals surface area contributed by atoms with E-state index in [1.165, 1.54) is 23.2 Å². The molecule has 1 aromatic carbocycles. The number of phenols is 1. The van der Waals surface area contributed by atoms with E-state index in [0.29, 0.717) is 34.8 Å². The van der Waals surface area contributed by atoms with Gasteiger partial charge in [0.25, 0.3) is 0 Å². The predicted octanol–water partition coefficient (Wildman–Crippen LogP) is 2.59. The van der Waals surface area contributed by atoms with Crippen LogP contribution in [0.15, 0.2) is 55.1 Å². The van der Waals surface area contributed by atoms with Crippen LogP contribution in [0.4, 0.5) is 0 Å². The van der Waals surface area contributed by atoms with Crippen molar-refractivity contribution in [1.82, 2.24) is 34.7 Å². The summed E-state index contributed by atoms with van der Waals surface area (Å²) in [5.74, 6) is 0.752. The summed E-state index contributed by atoms with van der Waals surface area (Å²) in [7, 11) is 0. The van der Waals surface area contributed by atoms with Gasteiger partial charge in [-0.2, -0.15) is 15.0 Å². The van der Waals surface area contributed by atoms with Gasteiger partial charge in [0, 0.05) is 36.1 Å². The molecule has 2 aliphatic rings. The molecule has 29 heavy (non-hydrogen) atoms. The molecule has 3 aromatic heterocycles. The van der Waals surface area contributed by atoms with Crippen LogP contribution in [0.1, 0.15) is 25.0 Å². The van der Waals surface area contributed by atoms with Gasteiger partial charge in [0.1, 0.15) is 5.75 Å². The Bertz CT molecular complexity index is 1240. The lowest BCUT2D eigenvalue weighted by Gasteiger charge is -2.20. The number of aromatic hydroxyl groups is 1. The third-order valence-electron chi connectivity index (χ3n) is 5.71. The summed E-state index contributed by atoms with van der Waals surface area (Å²) in [6, 6.07) is 8.39. The molecule has 2 aliphatic heterocycles. The van der Waals surface area contributed by atoms with E-state index >= 15 is 0 Å². The SMILES string of the molecule is Oc1cc(-n2nccn2)ccc1-c1cn2ccc(C3=CC4CCC(C3)N4)nc2n1. The van der Waals surface area contributed by atoms with Gasteiger partial charge in [-0.05, 0) is 43.0 Å². The Morgan fingerprint density at radius 1 is 1.03 bits per heavy atom. The average molecular weight is 385 g/mol. The monoisotopic (exact) mass is 385 g/mol. The summed E-state index contributed by atoms with van der Waals surface area (Å²) in [5.41, 5.74) is 4.28. The lowest BCUT2D eigenvalue weighted by molar-refractivity contribution is 0.476. The van der Waals surface area contributed by atoms with Gasteiger partial charge in [-0.15, -0.1) is 0 Å². The van der Waals surface area contributed by atoms with Gasteiger partial charge in [-0.3, -0.25) is 4.40 Å². The summed E-state index contributed by atoms with van der Waals surface area (Å²) in [6.45, 7) is 0. The maximum absolute atomic E-state index is 10.5. The Labute approximate surface area is 166 Å². The number of fused-ring (bicyclic) bond motifs is 3. The fraction of sp³-hybridized carbons (Fsp3) is 0.238. The van der Waals surface area contributed by atoms with Crippen LogP contribution in [-0.4, -0.2) is 46.6 Å². The first-order valence-electron chi connectivity index (χ1n) is 9.76. The molecule has 1 saturated heterocycles. The van der Waals surface area contributed by atoms with Gasteiger partial charge in [0.2, 0.25) is 5.78 Å². The van der Waals surface area contributed by atoms with Crippen molar-refractivity contribution in [2.75, 3.05) is 0 Å². The van der Waals surface area contributed by atoms with Crippen molar-refractivity contribution in [3.8, 4) is 22.7 Å². The summed E-state index contributed by atoms with van der Waals surface area (Å²) in [6.07, 6.45) is 12.8. The van der Waals surface area contributed by atoms with Crippen LogP contribution in [-0.2, 0) is 0 Å². The molecule has 2 N–H and O–H groups in total. The largest absolute Gasteiger partial charge is 0.507 e. The Hall–Kier alpha value is -3.52. The highest BCUT2D eigenvalue weighted by molar-refractivity contribution is 5.71. The lowest BCUT2D eigenvalue weighted by atomic mass is 10.0. The summed E-state index contributed by atoms with van der Waals surface area (Å²) < 4.78 is 1.89. The maximum atomic E-state index is 10.5. The van der Waals surface area contributed by atoms with E-state index in [1.54, 1.807) is 18.5 Å². The lowest BCUT2D eigenvalue weighted by Crippen LogP contribution is -2.32. The van der Waals surface area contributed by atoms with E-state index in [4.69, 9.17) is 4.98 Å². The Balaban J connectivity index is 1.36. The second-order valence-electron chi connectivity index (χ2n) is 7.61. The highest BCUT2D eigenvalue weighted by Crippen LogP contribution is 2.33. The molecule has 0 spiro atoms. The van der Waals surface area contributed by atoms with E-state index in [-0.39, 0.29) is 5.75 Å². The smallest absolute Gasteiger partial charge is 0.234 e. The van der Waals surface area contributed by atoms with Gasteiger partial charge in [0.05, 0.1) is 29.5 Å². The molecule has 2 atom stereocenters. The van der Waals surface area contributed by atoms with Crippen molar-refractivity contribution in [3.63, 3.8) is 0 Å². The second kappa shape index (κ2) is 6.25. The number of hydrogen-bond acceptors (Lipinski definition) is 6. The van der Waals surface area contributed by atoms with E-state index in [1.807, 2.05) is 35.0 Å². The topological polar surface area (TPSA) is 93.2 Å². The van der Waals surface area contributed by atoms with Crippen LogP contribution in [0.25, 0.3) is 28.3 Å². The summed E-state index contributed by atoms with van der Waals surface area (Å²) in [4.78, 5) is 10.9. The molecule has 0 amide bonds. The van der Waals surface area contributed by atoms with Crippen molar-refractivity contribution >= 4 is 11.4 Å². The average Bonchev–Trinajstić information content (AvgIpc) is 3.47. The molecule has 0 aliphatic carbocycles. The minimum absolute atomic E-state index is 0.126. The molecule has 6 rings (SSSR count). The van der Waals surface area contributed by atoms with Gasteiger partial charge >= 0.3 is 0 Å². The van der Waals surface area contributed by atoms with Crippen LogP contribution in [0.3, 0.4) is 0 Å². The van der Waals surface area contributed by atoms with Crippen LogP contribution in [0.5, 0.6) is 5.75 Å². The number of hydrogen-bond donors (Lipinski definition) is 2. The number of rotatable bonds is 3. The zero-order valence-corrected chi connectivity index (χ0v) is 15.6. The van der Waals surface area contributed by atoms with Crippen LogP contribution in [0.2, 0.25) is 0 Å². The number of benzene rings is 1. The van der Waals surface area contributed by atoms with Gasteiger partial charge in [0.15, 0.2) is 0 Å². The zero-order valence-electron chi connectivity index (χ0n) is 15.6. The van der Waals surface area contributed by atoms with E-state index in [2.05, 4.69) is 26.6 Å². The number of imidazole rings is 1. The molecule has 144 valence electrons. The molecule has 2 bridgehead atoms. The first-order valence-corrected chi connectivity index (χ1v) is 9.76. The number of nitrogens with zero attached hydrogens (tertiary/aromatic N) is 6. The third kappa shape index (κ3) is 2.80. The van der Waals surface area contributed by atoms with Crippen LogP contribution < -0.4 is 5.32 Å². The first kappa shape index (κ1) is 16.4. The summed E-state index contributed by atoms with van der Waals surface area (Å²) in [5, 5.41) is 22.3. The van der Waals surface area contributed by atoms with Crippen molar-refractivity contribution in [1.29, 1.82) is 0 Å². The molecule has 0 saturated carbocycles. The third-order valence-corrected chi connectivity index (χ3v) is 5.71. The summed E-state index contributed by atoms with van der Waals surface area (Å²) >= 11 is 0. The molecule has 2 unspecified atom stereocenters. The highest BCUT2D eigenvalue weighted by atomic mass is 16.3. The van der Waals surface area contributed by atoms with E-state index in [9.17, 15) is 5.11 Å². The highest BCUT2D eigenvalue weighted by Gasteiger charge is 2.28. The van der Waals surface area contributed by atoms with Crippen molar-refractivity contribution in [2.45, 2.75) is 31.3 Å².